The number of fused-ring (bicyclic) bond motifs is 2. The first-order valence-electron chi connectivity index (χ1n) is 11.7. The number of aromatic nitrogens is 3. The highest BCUT2D eigenvalue weighted by Gasteiger charge is 2.31. The fourth-order valence-electron chi connectivity index (χ4n) is 4.72. The van der Waals surface area contributed by atoms with Crippen LogP contribution in [-0.2, 0) is 4.79 Å². The second-order valence-electron chi connectivity index (χ2n) is 9.28. The molecule has 4 heterocycles. The van der Waals surface area contributed by atoms with E-state index in [0.717, 1.165) is 56.3 Å². The Morgan fingerprint density at radius 3 is 2.94 bits per heavy atom. The zero-order valence-electron chi connectivity index (χ0n) is 20.5. The number of hydrogen-bond acceptors (Lipinski definition) is 7. The van der Waals surface area contributed by atoms with Crippen molar-refractivity contribution in [2.45, 2.75) is 19.3 Å². The molecule has 1 fully saturated rings. The van der Waals surface area contributed by atoms with Crippen molar-refractivity contribution >= 4 is 38.7 Å². The number of benzene rings is 1. The van der Waals surface area contributed by atoms with Gasteiger partial charge in [0.1, 0.15) is 28.6 Å². The summed E-state index contributed by atoms with van der Waals surface area (Å²) in [7, 11) is 5.66. The normalized spacial score (nSPS) is 16.4. The fraction of sp³-hybridized carbons (Fsp3) is 0.346. The Labute approximate surface area is 208 Å². The number of nitrogens with two attached hydrogens (primary N) is 1. The number of nitrogens with zero attached hydrogens (tertiary/aromatic N) is 5. The largest absolute Gasteiger partial charge is 0.495 e. The summed E-state index contributed by atoms with van der Waals surface area (Å²) in [6, 6.07) is 6.35. The predicted octanol–water partition coefficient (Wildman–Crippen LogP) is 3.94. The highest BCUT2D eigenvalue weighted by atomic mass is 32.1. The van der Waals surface area contributed by atoms with Gasteiger partial charge in [-0.2, -0.15) is 0 Å². The van der Waals surface area contributed by atoms with E-state index < -0.39 is 0 Å². The van der Waals surface area contributed by atoms with Crippen molar-refractivity contribution in [3.63, 3.8) is 0 Å². The van der Waals surface area contributed by atoms with E-state index in [0.29, 0.717) is 18.9 Å². The number of imidazole rings is 1. The van der Waals surface area contributed by atoms with Gasteiger partial charge in [0, 0.05) is 44.0 Å². The topological polar surface area (TPSA) is 89.0 Å². The Kier molecular flexibility index (Phi) is 6.21. The van der Waals surface area contributed by atoms with E-state index >= 15 is 0 Å². The summed E-state index contributed by atoms with van der Waals surface area (Å²) < 4.78 is 8.76. The fourth-order valence-corrected chi connectivity index (χ4v) is 5.84. The quantitative estimate of drug-likeness (QED) is 0.412. The van der Waals surface area contributed by atoms with E-state index in [9.17, 15) is 4.79 Å². The molecule has 9 heteroatoms. The van der Waals surface area contributed by atoms with Crippen molar-refractivity contribution in [3.05, 3.63) is 54.1 Å². The van der Waals surface area contributed by atoms with Crippen molar-refractivity contribution in [2.75, 3.05) is 46.6 Å². The van der Waals surface area contributed by atoms with E-state index in [-0.39, 0.29) is 11.8 Å². The maximum atomic E-state index is 12.7. The van der Waals surface area contributed by atoms with Crippen LogP contribution in [0, 0.1) is 6.92 Å². The molecule has 182 valence electrons. The molecule has 8 nitrogen and oxygen atoms in total. The molecule has 0 bridgehead atoms. The van der Waals surface area contributed by atoms with Gasteiger partial charge in [-0.15, -0.1) is 11.3 Å². The molecule has 0 spiro atoms. The molecule has 1 saturated heterocycles. The van der Waals surface area contributed by atoms with E-state index in [1.165, 1.54) is 0 Å². The van der Waals surface area contributed by atoms with E-state index in [2.05, 4.69) is 24.0 Å². The minimum absolute atomic E-state index is 0.0450. The average Bonchev–Trinajstić information content (AvgIpc) is 3.54. The third kappa shape index (κ3) is 4.37. The number of ether oxygens (including phenoxy) is 1. The minimum atomic E-state index is 0.0450. The maximum Gasteiger partial charge on any atom is 0.246 e. The molecule has 0 radical (unpaired) electrons. The van der Waals surface area contributed by atoms with Crippen LogP contribution >= 0.6 is 11.3 Å². The molecule has 2 N–H and O–H groups in total. The number of carbonyl (C=O) groups is 1. The molecule has 0 aliphatic carbocycles. The highest BCUT2D eigenvalue weighted by Crippen LogP contribution is 2.42. The monoisotopic (exact) mass is 490 g/mol. The number of aryl methyl sites for hydroxylation is 1. The number of likely N-dealkylation sites (tertiary alicyclic amines) is 1. The summed E-state index contributed by atoms with van der Waals surface area (Å²) in [6.45, 7) is 4.14. The van der Waals surface area contributed by atoms with Gasteiger partial charge in [-0.3, -0.25) is 9.20 Å². The van der Waals surface area contributed by atoms with Crippen molar-refractivity contribution < 1.29 is 9.53 Å². The number of methoxy groups -OCH3 is 1. The Hall–Kier alpha value is -3.43. The summed E-state index contributed by atoms with van der Waals surface area (Å²) >= 11 is 1.64. The SMILES string of the molecule is COc1cc(C)cc2cc(-c3nc([C@H]4CCN(C(=O)/C=C/CN(C)C)C4)n4ccnc(N)c34)sc12. The highest BCUT2D eigenvalue weighted by molar-refractivity contribution is 7.22. The zero-order chi connectivity index (χ0) is 24.7. The number of anilines is 1. The molecular formula is C26H30N6O2S. The second kappa shape index (κ2) is 9.31. The molecule has 1 aliphatic rings. The van der Waals surface area contributed by atoms with Crippen LogP contribution in [0.5, 0.6) is 5.75 Å². The maximum absolute atomic E-state index is 12.7. The summed E-state index contributed by atoms with van der Waals surface area (Å²) in [5, 5.41) is 1.12. The predicted molar refractivity (Wildman–Crippen MR) is 141 cm³/mol. The summed E-state index contributed by atoms with van der Waals surface area (Å²) in [5.74, 6) is 2.38. The lowest BCUT2D eigenvalue weighted by Crippen LogP contribution is -2.27. The molecule has 1 atom stereocenters. The molecular weight excluding hydrogens is 460 g/mol. The van der Waals surface area contributed by atoms with Crippen molar-refractivity contribution in [3.8, 4) is 16.3 Å². The molecule has 1 amide bonds. The number of rotatable bonds is 6. The lowest BCUT2D eigenvalue weighted by atomic mass is 10.1. The van der Waals surface area contributed by atoms with Crippen molar-refractivity contribution in [1.29, 1.82) is 0 Å². The number of nitrogen functional groups attached to an aromatic ring is 1. The van der Waals surface area contributed by atoms with Crippen LogP contribution in [0.3, 0.4) is 0 Å². The van der Waals surface area contributed by atoms with Gasteiger partial charge in [-0.05, 0) is 50.5 Å². The Morgan fingerprint density at radius 2 is 2.17 bits per heavy atom. The van der Waals surface area contributed by atoms with Gasteiger partial charge >= 0.3 is 0 Å². The first-order chi connectivity index (χ1) is 16.9. The smallest absolute Gasteiger partial charge is 0.246 e. The molecule has 0 unspecified atom stereocenters. The Balaban J connectivity index is 1.52. The van der Waals surface area contributed by atoms with Crippen LogP contribution in [0.4, 0.5) is 5.82 Å². The number of amides is 1. The summed E-state index contributed by atoms with van der Waals surface area (Å²) in [6.07, 6.45) is 8.05. The van der Waals surface area contributed by atoms with E-state index in [1.807, 2.05) is 46.6 Å². The lowest BCUT2D eigenvalue weighted by Gasteiger charge is -2.14. The molecule has 3 aromatic heterocycles. The molecule has 5 rings (SSSR count). The summed E-state index contributed by atoms with van der Waals surface area (Å²) in [5.41, 5.74) is 9.14. The summed E-state index contributed by atoms with van der Waals surface area (Å²) in [4.78, 5) is 27.1. The third-order valence-electron chi connectivity index (χ3n) is 6.39. The van der Waals surface area contributed by atoms with Gasteiger partial charge in [-0.25, -0.2) is 9.97 Å². The molecule has 35 heavy (non-hydrogen) atoms. The van der Waals surface area contributed by atoms with Crippen LogP contribution in [0.25, 0.3) is 26.2 Å². The molecule has 1 aromatic carbocycles. The van der Waals surface area contributed by atoms with Gasteiger partial charge in [-0.1, -0.05) is 12.1 Å². The van der Waals surface area contributed by atoms with Gasteiger partial charge < -0.3 is 20.3 Å². The lowest BCUT2D eigenvalue weighted by molar-refractivity contribution is -0.125. The van der Waals surface area contributed by atoms with Crippen LogP contribution in [-0.4, -0.2) is 70.9 Å². The first-order valence-corrected chi connectivity index (χ1v) is 12.5. The number of hydrogen-bond donors (Lipinski definition) is 1. The van der Waals surface area contributed by atoms with Gasteiger partial charge in [0.2, 0.25) is 5.91 Å². The number of carbonyl (C=O) groups excluding carboxylic acids is 1. The van der Waals surface area contributed by atoms with Crippen LogP contribution in [0.1, 0.15) is 23.7 Å². The Morgan fingerprint density at radius 1 is 1.34 bits per heavy atom. The third-order valence-corrected chi connectivity index (χ3v) is 7.56. The number of thiophene rings is 1. The van der Waals surface area contributed by atoms with Gasteiger partial charge in [0.15, 0.2) is 0 Å². The van der Waals surface area contributed by atoms with E-state index in [1.54, 1.807) is 30.7 Å². The van der Waals surface area contributed by atoms with Crippen LogP contribution < -0.4 is 10.5 Å². The average molecular weight is 491 g/mol. The molecule has 4 aromatic rings. The van der Waals surface area contributed by atoms with Crippen molar-refractivity contribution in [2.24, 2.45) is 0 Å². The standard InChI is InChI=1S/C26H30N6O2S/c1-16-12-18-14-20(35-24(18)19(13-16)34-4)22-23-25(27)28-8-11-32(23)26(29-22)17-7-10-31(15-17)21(33)6-5-9-30(2)3/h5-6,8,11-14,17H,7,9-10,15H2,1-4H3,(H2,27,28)/b6-5+/t17-/m0/s1. The van der Waals surface area contributed by atoms with Crippen LogP contribution in [0.15, 0.2) is 42.7 Å². The van der Waals surface area contributed by atoms with Gasteiger partial charge in [0.25, 0.3) is 0 Å². The Bertz CT molecular complexity index is 1440. The zero-order valence-corrected chi connectivity index (χ0v) is 21.3. The van der Waals surface area contributed by atoms with Gasteiger partial charge in [0.05, 0.1) is 16.7 Å². The van der Waals surface area contributed by atoms with Crippen molar-refractivity contribution in [1.82, 2.24) is 24.2 Å². The van der Waals surface area contributed by atoms with E-state index in [4.69, 9.17) is 15.5 Å². The van der Waals surface area contributed by atoms with Crippen LogP contribution in [0.2, 0.25) is 0 Å². The molecule has 0 saturated carbocycles. The minimum Gasteiger partial charge on any atom is -0.495 e. The molecule has 1 aliphatic heterocycles. The second-order valence-corrected chi connectivity index (χ2v) is 10.3. The first kappa shape index (κ1) is 23.3. The number of likely N-dealkylation sites (N-methyl/N-ethyl adjacent to an activating group) is 1.